The third-order valence-electron chi connectivity index (χ3n) is 4.41. The van der Waals surface area contributed by atoms with Crippen LogP contribution >= 0.6 is 34.5 Å². The van der Waals surface area contributed by atoms with Crippen molar-refractivity contribution in [2.24, 2.45) is 5.92 Å². The molecule has 0 amide bonds. The number of halogens is 2. The van der Waals surface area contributed by atoms with Crippen molar-refractivity contribution in [3.05, 3.63) is 50.6 Å². The summed E-state index contributed by atoms with van der Waals surface area (Å²) in [4.78, 5) is 3.83. The van der Waals surface area contributed by atoms with E-state index in [0.29, 0.717) is 17.5 Å². The van der Waals surface area contributed by atoms with Gasteiger partial charge in [0.1, 0.15) is 4.90 Å². The summed E-state index contributed by atoms with van der Waals surface area (Å²) in [5, 5.41) is 2.63. The molecule has 1 fully saturated rings. The minimum absolute atomic E-state index is 0.0387. The van der Waals surface area contributed by atoms with Crippen molar-refractivity contribution in [3.8, 4) is 0 Å². The van der Waals surface area contributed by atoms with Crippen LogP contribution in [0.2, 0.25) is 10.0 Å². The lowest BCUT2D eigenvalue weighted by Gasteiger charge is -2.31. The van der Waals surface area contributed by atoms with Crippen LogP contribution < -0.4 is 4.72 Å². The van der Waals surface area contributed by atoms with Crippen LogP contribution in [0.1, 0.15) is 17.7 Å². The van der Waals surface area contributed by atoms with Gasteiger partial charge in [0.25, 0.3) is 0 Å². The topological polar surface area (TPSA) is 49.4 Å². The van der Waals surface area contributed by atoms with E-state index >= 15 is 0 Å². The predicted molar refractivity (Wildman–Crippen MR) is 104 cm³/mol. The van der Waals surface area contributed by atoms with Gasteiger partial charge in [-0.15, -0.1) is 11.3 Å². The Morgan fingerprint density at radius 3 is 2.64 bits per heavy atom. The number of rotatable bonds is 6. The lowest BCUT2D eigenvalue weighted by Crippen LogP contribution is -2.38. The summed E-state index contributed by atoms with van der Waals surface area (Å²) >= 11 is 13.7. The fourth-order valence-corrected chi connectivity index (χ4v) is 5.58. The van der Waals surface area contributed by atoms with Crippen molar-refractivity contribution in [2.75, 3.05) is 19.6 Å². The van der Waals surface area contributed by atoms with Crippen LogP contribution in [0.15, 0.2) is 40.6 Å². The van der Waals surface area contributed by atoms with Gasteiger partial charge >= 0.3 is 0 Å². The molecule has 25 heavy (non-hydrogen) atoms. The Bertz CT molecular complexity index is 802. The number of nitrogens with zero attached hydrogens (tertiary/aromatic N) is 1. The molecule has 1 N–H and O–H groups in total. The van der Waals surface area contributed by atoms with Gasteiger partial charge in [0.15, 0.2) is 0 Å². The Morgan fingerprint density at radius 2 is 1.96 bits per heavy atom. The summed E-state index contributed by atoms with van der Waals surface area (Å²) < 4.78 is 27.6. The zero-order valence-electron chi connectivity index (χ0n) is 13.6. The molecule has 0 unspecified atom stereocenters. The molecule has 1 aliphatic rings. The molecular formula is C17H20Cl2N2O2S2. The Labute approximate surface area is 162 Å². The first kappa shape index (κ1) is 19.1. The number of benzene rings is 1. The van der Waals surface area contributed by atoms with E-state index in [1.165, 1.54) is 17.0 Å². The number of sulfonamides is 1. The zero-order valence-corrected chi connectivity index (χ0v) is 16.8. The van der Waals surface area contributed by atoms with E-state index in [4.69, 9.17) is 23.2 Å². The zero-order chi connectivity index (χ0) is 17.9. The smallest absolute Gasteiger partial charge is 0.242 e. The number of thiophene rings is 1. The van der Waals surface area contributed by atoms with E-state index in [9.17, 15) is 8.42 Å². The molecule has 0 bridgehead atoms. The van der Waals surface area contributed by atoms with Crippen LogP contribution in [-0.2, 0) is 16.6 Å². The highest BCUT2D eigenvalue weighted by atomic mass is 35.5. The molecule has 136 valence electrons. The summed E-state index contributed by atoms with van der Waals surface area (Å²) in [6.45, 7) is 3.39. The molecule has 2 heterocycles. The van der Waals surface area contributed by atoms with Crippen molar-refractivity contribution in [1.29, 1.82) is 0 Å². The van der Waals surface area contributed by atoms with E-state index < -0.39 is 10.0 Å². The Morgan fingerprint density at radius 1 is 1.20 bits per heavy atom. The number of hydrogen-bond donors (Lipinski definition) is 1. The molecule has 8 heteroatoms. The lowest BCUT2D eigenvalue weighted by molar-refractivity contribution is 0.180. The highest BCUT2D eigenvalue weighted by molar-refractivity contribution is 7.89. The van der Waals surface area contributed by atoms with Gasteiger partial charge in [-0.2, -0.15) is 0 Å². The van der Waals surface area contributed by atoms with Crippen LogP contribution in [0.25, 0.3) is 0 Å². The minimum Gasteiger partial charge on any atom is -0.298 e. The van der Waals surface area contributed by atoms with Crippen molar-refractivity contribution < 1.29 is 8.42 Å². The maximum atomic E-state index is 12.5. The maximum Gasteiger partial charge on any atom is 0.242 e. The van der Waals surface area contributed by atoms with Gasteiger partial charge in [0, 0.05) is 23.0 Å². The number of piperidine rings is 1. The summed E-state index contributed by atoms with van der Waals surface area (Å²) in [7, 11) is -3.65. The maximum absolute atomic E-state index is 12.5. The van der Waals surface area contributed by atoms with Crippen LogP contribution in [0, 0.1) is 5.92 Å². The molecule has 0 radical (unpaired) electrons. The Kier molecular flexibility index (Phi) is 6.41. The first-order chi connectivity index (χ1) is 11.9. The van der Waals surface area contributed by atoms with Gasteiger partial charge in [0.2, 0.25) is 10.0 Å². The second-order valence-electron chi connectivity index (χ2n) is 6.23. The second-order valence-corrected chi connectivity index (χ2v) is 9.84. The largest absolute Gasteiger partial charge is 0.298 e. The molecule has 1 aromatic carbocycles. The van der Waals surface area contributed by atoms with Gasteiger partial charge in [0.05, 0.1) is 5.02 Å². The third kappa shape index (κ3) is 5.18. The van der Waals surface area contributed by atoms with E-state index in [1.54, 1.807) is 17.4 Å². The van der Waals surface area contributed by atoms with E-state index in [2.05, 4.69) is 27.1 Å². The molecule has 3 rings (SSSR count). The van der Waals surface area contributed by atoms with Gasteiger partial charge in [-0.05, 0) is 61.5 Å². The summed E-state index contributed by atoms with van der Waals surface area (Å²) in [5.74, 6) is 0.340. The van der Waals surface area contributed by atoms with E-state index in [1.807, 2.05) is 0 Å². The first-order valence-corrected chi connectivity index (χ1v) is 11.3. The van der Waals surface area contributed by atoms with Gasteiger partial charge in [-0.3, -0.25) is 4.90 Å². The predicted octanol–water partition coefficient (Wildman–Crippen LogP) is 4.25. The van der Waals surface area contributed by atoms with Crippen LogP contribution in [0.5, 0.6) is 0 Å². The molecule has 1 aliphatic heterocycles. The highest BCUT2D eigenvalue weighted by Gasteiger charge is 2.23. The summed E-state index contributed by atoms with van der Waals surface area (Å²) in [5.41, 5.74) is 0. The third-order valence-corrected chi connectivity index (χ3v) is 7.41. The SMILES string of the molecule is O=S(=O)(NCC1CCN(Cc2cccs2)CC1)c1cc(Cl)ccc1Cl. The normalized spacial score (nSPS) is 17.0. The van der Waals surface area contributed by atoms with Crippen molar-refractivity contribution >= 4 is 44.6 Å². The number of hydrogen-bond acceptors (Lipinski definition) is 4. The minimum atomic E-state index is -3.65. The molecule has 0 atom stereocenters. The molecule has 0 saturated carbocycles. The molecule has 1 aromatic heterocycles. The first-order valence-electron chi connectivity index (χ1n) is 8.13. The molecule has 2 aromatic rings. The Hall–Kier alpha value is -0.630. The van der Waals surface area contributed by atoms with Crippen LogP contribution in [0.4, 0.5) is 0 Å². The average molecular weight is 419 g/mol. The Balaban J connectivity index is 1.51. The van der Waals surface area contributed by atoms with Crippen molar-refractivity contribution in [3.63, 3.8) is 0 Å². The number of likely N-dealkylation sites (tertiary alicyclic amines) is 1. The molecular weight excluding hydrogens is 399 g/mol. The monoisotopic (exact) mass is 418 g/mol. The van der Waals surface area contributed by atoms with E-state index in [0.717, 1.165) is 32.5 Å². The van der Waals surface area contributed by atoms with Gasteiger partial charge in [-0.25, -0.2) is 13.1 Å². The molecule has 1 saturated heterocycles. The summed E-state index contributed by atoms with van der Waals surface area (Å²) in [6.07, 6.45) is 1.97. The van der Waals surface area contributed by atoms with Crippen LogP contribution in [-0.4, -0.2) is 33.0 Å². The molecule has 0 spiro atoms. The van der Waals surface area contributed by atoms with Gasteiger partial charge in [-0.1, -0.05) is 29.3 Å². The quantitative estimate of drug-likeness (QED) is 0.762. The van der Waals surface area contributed by atoms with Crippen LogP contribution in [0.3, 0.4) is 0 Å². The van der Waals surface area contributed by atoms with E-state index in [-0.39, 0.29) is 9.92 Å². The summed E-state index contributed by atoms with van der Waals surface area (Å²) in [6, 6.07) is 8.69. The second kappa shape index (κ2) is 8.37. The standard InChI is InChI=1S/C17H20Cl2N2O2S2/c18-14-3-4-16(19)17(10-14)25(22,23)20-11-13-5-7-21(8-6-13)12-15-2-1-9-24-15/h1-4,9-10,13,20H,5-8,11-12H2. The lowest BCUT2D eigenvalue weighted by atomic mass is 9.97. The van der Waals surface area contributed by atoms with Crippen molar-refractivity contribution in [2.45, 2.75) is 24.3 Å². The van der Waals surface area contributed by atoms with Gasteiger partial charge < -0.3 is 0 Å². The molecule has 4 nitrogen and oxygen atoms in total. The average Bonchev–Trinajstić information content (AvgIpc) is 3.09. The number of nitrogens with one attached hydrogen (secondary N) is 1. The fraction of sp³-hybridized carbons (Fsp3) is 0.412. The molecule has 0 aliphatic carbocycles. The highest BCUT2D eigenvalue weighted by Crippen LogP contribution is 2.26. The van der Waals surface area contributed by atoms with Crippen molar-refractivity contribution in [1.82, 2.24) is 9.62 Å². The fourth-order valence-electron chi connectivity index (χ4n) is 2.96.